The Morgan fingerprint density at radius 2 is 2.00 bits per heavy atom. The summed E-state index contributed by atoms with van der Waals surface area (Å²) >= 11 is 0. The summed E-state index contributed by atoms with van der Waals surface area (Å²) in [4.78, 5) is 22.2. The average Bonchev–Trinajstić information content (AvgIpc) is 3.21. The molecule has 0 saturated carbocycles. The minimum atomic E-state index is -2.70. The van der Waals surface area contributed by atoms with E-state index in [4.69, 9.17) is 4.74 Å². The van der Waals surface area contributed by atoms with Crippen LogP contribution in [0.1, 0.15) is 36.6 Å². The van der Waals surface area contributed by atoms with Gasteiger partial charge in [-0.25, -0.2) is 18.2 Å². The number of hydrogen-bond acceptors (Lipinski definition) is 5. The Hall–Kier alpha value is -3.17. The molecule has 4 rings (SSSR count). The van der Waals surface area contributed by atoms with Gasteiger partial charge in [-0.2, -0.15) is 14.6 Å². The number of fused-ring (bicyclic) bond motifs is 1. The standard InChI is InChI=1S/C19H18F3N5O2/c20-13-3-1-2-4-16(13)29-10-17(28)26-7-5-12(6-8-26)14-9-15(18(21)22)27-19(25-14)23-11-24-27/h1-4,9,11-12,18H,5-8,10H2. The molecule has 3 aromatic rings. The van der Waals surface area contributed by atoms with E-state index in [2.05, 4.69) is 15.1 Å². The third-order valence-electron chi connectivity index (χ3n) is 4.98. The molecule has 1 aromatic carbocycles. The van der Waals surface area contributed by atoms with E-state index < -0.39 is 12.2 Å². The minimum absolute atomic E-state index is 0.0288. The first-order valence-electron chi connectivity index (χ1n) is 9.16. The molecular weight excluding hydrogens is 387 g/mol. The maximum Gasteiger partial charge on any atom is 0.280 e. The van der Waals surface area contributed by atoms with Crippen LogP contribution in [-0.2, 0) is 4.79 Å². The lowest BCUT2D eigenvalue weighted by Crippen LogP contribution is -2.40. The number of alkyl halides is 2. The molecule has 152 valence electrons. The highest BCUT2D eigenvalue weighted by atomic mass is 19.3. The summed E-state index contributed by atoms with van der Waals surface area (Å²) in [6.45, 7) is 0.618. The summed E-state index contributed by atoms with van der Waals surface area (Å²) in [5.41, 5.74) is 0.273. The van der Waals surface area contributed by atoms with Gasteiger partial charge in [0.05, 0.1) is 0 Å². The summed E-state index contributed by atoms with van der Waals surface area (Å²) in [5.74, 6) is -0.675. The molecule has 1 aliphatic heterocycles. The molecule has 0 spiro atoms. The van der Waals surface area contributed by atoms with Gasteiger partial charge in [0.1, 0.15) is 12.0 Å². The number of carbonyl (C=O) groups excluding carboxylic acids is 1. The second kappa shape index (κ2) is 8.06. The van der Waals surface area contributed by atoms with Crippen LogP contribution in [0, 0.1) is 5.82 Å². The summed E-state index contributed by atoms with van der Waals surface area (Å²) in [6, 6.07) is 7.25. The van der Waals surface area contributed by atoms with Gasteiger partial charge in [-0.1, -0.05) is 12.1 Å². The van der Waals surface area contributed by atoms with Gasteiger partial charge in [0, 0.05) is 24.7 Å². The molecule has 7 nitrogen and oxygen atoms in total. The third kappa shape index (κ3) is 4.01. The first kappa shape index (κ1) is 19.2. The van der Waals surface area contributed by atoms with Crippen LogP contribution in [0.25, 0.3) is 5.78 Å². The highest BCUT2D eigenvalue weighted by molar-refractivity contribution is 5.77. The molecule has 10 heteroatoms. The fourth-order valence-electron chi connectivity index (χ4n) is 3.44. The molecule has 1 saturated heterocycles. The summed E-state index contributed by atoms with van der Waals surface area (Å²) in [6.07, 6.45) is -0.357. The van der Waals surface area contributed by atoms with Crippen LogP contribution in [0.4, 0.5) is 13.2 Å². The van der Waals surface area contributed by atoms with Gasteiger partial charge in [0.2, 0.25) is 0 Å². The van der Waals surface area contributed by atoms with Crippen molar-refractivity contribution in [2.45, 2.75) is 25.2 Å². The molecule has 0 atom stereocenters. The number of benzene rings is 1. The van der Waals surface area contributed by atoms with E-state index in [1.54, 1.807) is 17.0 Å². The highest BCUT2D eigenvalue weighted by Crippen LogP contribution is 2.30. The maximum atomic E-state index is 13.6. The van der Waals surface area contributed by atoms with Gasteiger partial charge in [-0.15, -0.1) is 0 Å². The number of nitrogens with zero attached hydrogens (tertiary/aromatic N) is 5. The SMILES string of the molecule is O=C(COc1ccccc1F)N1CCC(c2cc(C(F)F)n3ncnc3n2)CC1. The van der Waals surface area contributed by atoms with Crippen LogP contribution in [-0.4, -0.2) is 50.1 Å². The Morgan fingerprint density at radius 1 is 1.24 bits per heavy atom. The van der Waals surface area contributed by atoms with Gasteiger partial charge in [0.15, 0.2) is 18.2 Å². The van der Waals surface area contributed by atoms with Crippen molar-refractivity contribution in [3.8, 4) is 5.75 Å². The van der Waals surface area contributed by atoms with Crippen LogP contribution in [0.3, 0.4) is 0 Å². The molecule has 2 aromatic heterocycles. The van der Waals surface area contributed by atoms with Crippen molar-refractivity contribution in [1.82, 2.24) is 24.5 Å². The number of rotatable bonds is 5. The predicted octanol–water partition coefficient (Wildman–Crippen LogP) is 2.99. The third-order valence-corrected chi connectivity index (χ3v) is 4.98. The number of hydrogen-bond donors (Lipinski definition) is 0. The number of ether oxygens (including phenoxy) is 1. The number of para-hydroxylation sites is 1. The van der Waals surface area contributed by atoms with E-state index in [0.29, 0.717) is 31.6 Å². The first-order chi connectivity index (χ1) is 14.0. The summed E-state index contributed by atoms with van der Waals surface area (Å²) in [7, 11) is 0. The van der Waals surface area contributed by atoms with Crippen molar-refractivity contribution in [3.05, 3.63) is 53.9 Å². The molecule has 1 fully saturated rings. The van der Waals surface area contributed by atoms with Crippen LogP contribution in [0.5, 0.6) is 5.75 Å². The second-order valence-electron chi connectivity index (χ2n) is 6.75. The Labute approximate surface area is 164 Å². The van der Waals surface area contributed by atoms with Crippen molar-refractivity contribution in [2.24, 2.45) is 0 Å². The lowest BCUT2D eigenvalue weighted by atomic mass is 9.93. The zero-order chi connectivity index (χ0) is 20.4. The molecule has 0 bridgehead atoms. The van der Waals surface area contributed by atoms with E-state index >= 15 is 0 Å². The Kier molecular flexibility index (Phi) is 5.32. The molecule has 1 aliphatic rings. The fraction of sp³-hybridized carbons (Fsp3) is 0.368. The number of piperidine rings is 1. The zero-order valence-electron chi connectivity index (χ0n) is 15.3. The molecule has 0 radical (unpaired) electrons. The van der Waals surface area contributed by atoms with E-state index in [-0.39, 0.29) is 35.7 Å². The minimum Gasteiger partial charge on any atom is -0.481 e. The number of aromatic nitrogens is 4. The molecule has 29 heavy (non-hydrogen) atoms. The van der Waals surface area contributed by atoms with Crippen LogP contribution in [0.2, 0.25) is 0 Å². The van der Waals surface area contributed by atoms with Gasteiger partial charge in [-0.3, -0.25) is 4.79 Å². The van der Waals surface area contributed by atoms with E-state index in [1.165, 1.54) is 24.5 Å². The molecule has 0 N–H and O–H groups in total. The van der Waals surface area contributed by atoms with E-state index in [9.17, 15) is 18.0 Å². The number of likely N-dealkylation sites (tertiary alicyclic amines) is 1. The first-order valence-corrected chi connectivity index (χ1v) is 9.16. The lowest BCUT2D eigenvalue weighted by Gasteiger charge is -2.31. The van der Waals surface area contributed by atoms with Gasteiger partial charge >= 0.3 is 0 Å². The van der Waals surface area contributed by atoms with Crippen molar-refractivity contribution in [3.63, 3.8) is 0 Å². The smallest absolute Gasteiger partial charge is 0.280 e. The van der Waals surface area contributed by atoms with Crippen LogP contribution >= 0.6 is 0 Å². The molecule has 0 aliphatic carbocycles. The van der Waals surface area contributed by atoms with Crippen molar-refractivity contribution < 1.29 is 22.7 Å². The molecule has 3 heterocycles. The second-order valence-corrected chi connectivity index (χ2v) is 6.75. The number of amides is 1. The monoisotopic (exact) mass is 405 g/mol. The van der Waals surface area contributed by atoms with Gasteiger partial charge in [0.25, 0.3) is 18.1 Å². The van der Waals surface area contributed by atoms with Crippen LogP contribution in [0.15, 0.2) is 36.7 Å². The molecule has 1 amide bonds. The number of carbonyl (C=O) groups is 1. The summed E-state index contributed by atoms with van der Waals surface area (Å²) in [5, 5.41) is 3.78. The highest BCUT2D eigenvalue weighted by Gasteiger charge is 2.27. The largest absolute Gasteiger partial charge is 0.481 e. The quantitative estimate of drug-likeness (QED) is 0.653. The number of halogens is 3. The Balaban J connectivity index is 1.38. The van der Waals surface area contributed by atoms with E-state index in [0.717, 1.165) is 4.52 Å². The maximum absolute atomic E-state index is 13.6. The lowest BCUT2D eigenvalue weighted by molar-refractivity contribution is -0.134. The Bertz CT molecular complexity index is 1020. The average molecular weight is 405 g/mol. The van der Waals surface area contributed by atoms with Crippen molar-refractivity contribution >= 4 is 11.7 Å². The van der Waals surface area contributed by atoms with Crippen molar-refractivity contribution in [1.29, 1.82) is 0 Å². The van der Waals surface area contributed by atoms with Gasteiger partial charge < -0.3 is 9.64 Å². The molecule has 0 unspecified atom stereocenters. The molecular formula is C19H18F3N5O2. The Morgan fingerprint density at radius 3 is 2.72 bits per heavy atom. The van der Waals surface area contributed by atoms with Gasteiger partial charge in [-0.05, 0) is 31.0 Å². The normalized spacial score (nSPS) is 15.2. The topological polar surface area (TPSA) is 72.6 Å². The predicted molar refractivity (Wildman–Crippen MR) is 96.2 cm³/mol. The zero-order valence-corrected chi connectivity index (χ0v) is 15.3. The summed E-state index contributed by atoms with van der Waals surface area (Å²) < 4.78 is 46.5. The van der Waals surface area contributed by atoms with Crippen LogP contribution < -0.4 is 4.74 Å². The fourth-order valence-corrected chi connectivity index (χ4v) is 3.44. The van der Waals surface area contributed by atoms with Crippen molar-refractivity contribution in [2.75, 3.05) is 19.7 Å². The van der Waals surface area contributed by atoms with E-state index in [1.807, 2.05) is 0 Å².